The molecule has 0 bridgehead atoms. The Balaban J connectivity index is 2.49. The summed E-state index contributed by atoms with van der Waals surface area (Å²) in [5.74, 6) is 0.641. The molecule has 1 aromatic carbocycles. The largest absolute Gasteiger partial charge is 0.492 e. The number of hydrogen-bond donors (Lipinski definition) is 1. The van der Waals surface area contributed by atoms with E-state index in [4.69, 9.17) is 9.94 Å². The summed E-state index contributed by atoms with van der Waals surface area (Å²) in [6, 6.07) is 4.93. The van der Waals surface area contributed by atoms with E-state index in [0.717, 1.165) is 0 Å². The van der Waals surface area contributed by atoms with Crippen LogP contribution in [0.2, 0.25) is 0 Å². The molecule has 0 unspecified atom stereocenters. The maximum Gasteiger partial charge on any atom is 0.128 e. The first-order valence-corrected chi connectivity index (χ1v) is 4.83. The molecule has 1 N–H and O–H groups in total. The zero-order valence-corrected chi connectivity index (χ0v) is 8.05. The Kier molecular flexibility index (Phi) is 2.58. The zero-order valence-electron chi connectivity index (χ0n) is 7.24. The maximum absolute atomic E-state index is 12.3. The van der Waals surface area contributed by atoms with Crippen molar-refractivity contribution in [3.63, 3.8) is 0 Å². The lowest BCUT2D eigenvalue weighted by Crippen LogP contribution is -2.16. The molecule has 0 aromatic heterocycles. The van der Waals surface area contributed by atoms with Gasteiger partial charge >= 0.3 is 0 Å². The van der Waals surface area contributed by atoms with Crippen LogP contribution in [-0.4, -0.2) is 17.5 Å². The van der Waals surface area contributed by atoms with Crippen molar-refractivity contribution in [2.45, 2.75) is 11.3 Å². The van der Waals surface area contributed by atoms with Crippen LogP contribution in [0.25, 0.3) is 0 Å². The summed E-state index contributed by atoms with van der Waals surface area (Å²) in [7, 11) is 0. The van der Waals surface area contributed by atoms with Crippen LogP contribution in [-0.2, 0) is 0 Å². The molecule has 0 fully saturated rings. The number of benzene rings is 1. The molecule has 74 valence electrons. The minimum Gasteiger partial charge on any atom is -0.492 e. The zero-order chi connectivity index (χ0) is 9.97. The van der Waals surface area contributed by atoms with Gasteiger partial charge in [0.15, 0.2) is 0 Å². The normalized spacial score (nSPS) is 17.6. The lowest BCUT2D eigenvalue weighted by molar-refractivity contribution is 0.298. The van der Waals surface area contributed by atoms with Crippen molar-refractivity contribution >= 4 is 17.9 Å². The van der Waals surface area contributed by atoms with E-state index < -0.39 is 0 Å². The van der Waals surface area contributed by atoms with Crippen molar-refractivity contribution in [3.05, 3.63) is 23.8 Å². The van der Waals surface area contributed by atoms with E-state index in [0.29, 0.717) is 34.9 Å². The monoisotopic (exact) mass is 213 g/mol. The van der Waals surface area contributed by atoms with Crippen molar-refractivity contribution in [1.29, 1.82) is 0 Å². The van der Waals surface area contributed by atoms with Gasteiger partial charge in [-0.25, -0.2) is 0 Å². The van der Waals surface area contributed by atoms with Crippen LogP contribution in [0.15, 0.2) is 28.3 Å². The van der Waals surface area contributed by atoms with Gasteiger partial charge in [0, 0.05) is 16.9 Å². The minimum absolute atomic E-state index is 0.162. The Morgan fingerprint density at radius 3 is 3.07 bits per heavy atom. The number of oxime groups is 1. The molecule has 5 heteroatoms. The smallest absolute Gasteiger partial charge is 0.128 e. The molecular formula is C9H8FNO2S. The predicted octanol–water partition coefficient (Wildman–Crippen LogP) is 2.62. The molecule has 0 aliphatic carbocycles. The number of rotatable bonds is 1. The molecule has 0 atom stereocenters. The second-order valence-corrected chi connectivity index (χ2v) is 3.51. The summed E-state index contributed by atoms with van der Waals surface area (Å²) in [6.45, 7) is 0.495. The molecule has 0 saturated heterocycles. The van der Waals surface area contributed by atoms with Crippen molar-refractivity contribution in [3.8, 4) is 5.75 Å². The van der Waals surface area contributed by atoms with Crippen LogP contribution in [0.5, 0.6) is 5.75 Å². The van der Waals surface area contributed by atoms with Gasteiger partial charge in [0.05, 0.1) is 24.5 Å². The third-order valence-corrected chi connectivity index (χ3v) is 2.50. The quantitative estimate of drug-likeness (QED) is 0.576. The molecule has 0 amide bonds. The Bertz CT molecular complexity index is 381. The predicted molar refractivity (Wildman–Crippen MR) is 51.8 cm³/mol. The first kappa shape index (κ1) is 9.33. The van der Waals surface area contributed by atoms with Crippen molar-refractivity contribution < 1.29 is 13.8 Å². The van der Waals surface area contributed by atoms with E-state index in [2.05, 4.69) is 5.16 Å². The average molecular weight is 213 g/mol. The second-order valence-electron chi connectivity index (χ2n) is 2.88. The molecule has 3 nitrogen and oxygen atoms in total. The molecule has 2 rings (SSSR count). The van der Waals surface area contributed by atoms with Gasteiger partial charge in [-0.2, -0.15) is 3.89 Å². The summed E-state index contributed by atoms with van der Waals surface area (Å²) in [6.07, 6.45) is 0.546. The summed E-state index contributed by atoms with van der Waals surface area (Å²) in [5.41, 5.74) is 1.21. The maximum atomic E-state index is 12.3. The highest BCUT2D eigenvalue weighted by atomic mass is 32.2. The summed E-state index contributed by atoms with van der Waals surface area (Å²) in [5, 5.41) is 11.9. The topological polar surface area (TPSA) is 41.8 Å². The molecule has 0 radical (unpaired) electrons. The van der Waals surface area contributed by atoms with E-state index >= 15 is 0 Å². The van der Waals surface area contributed by atoms with Crippen molar-refractivity contribution in [2.24, 2.45) is 5.16 Å². The Hall–Kier alpha value is -1.23. The fourth-order valence-electron chi connectivity index (χ4n) is 1.40. The van der Waals surface area contributed by atoms with Gasteiger partial charge in [0.1, 0.15) is 5.75 Å². The highest BCUT2D eigenvalue weighted by Gasteiger charge is 2.17. The van der Waals surface area contributed by atoms with Crippen molar-refractivity contribution in [2.75, 3.05) is 6.61 Å². The first-order valence-electron chi connectivity index (χ1n) is 4.12. The van der Waals surface area contributed by atoms with Gasteiger partial charge in [0.2, 0.25) is 0 Å². The standard InChI is InChI=1S/C9H8FNO2S/c10-14-6-1-2-9-7(5-6)8(11-12)3-4-13-9/h1-2,5,12H,3-4H2. The molecule has 0 spiro atoms. The van der Waals surface area contributed by atoms with Gasteiger partial charge in [-0.15, -0.1) is 0 Å². The van der Waals surface area contributed by atoms with Gasteiger partial charge in [-0.1, -0.05) is 5.16 Å². The SMILES string of the molecule is ON=C1CCOc2ccc(SF)cc21. The Labute approximate surface area is 84.9 Å². The van der Waals surface area contributed by atoms with E-state index in [1.807, 2.05) is 0 Å². The van der Waals surface area contributed by atoms with Gasteiger partial charge in [0.25, 0.3) is 0 Å². The third-order valence-electron chi connectivity index (χ3n) is 2.07. The van der Waals surface area contributed by atoms with Crippen LogP contribution >= 0.6 is 12.1 Å². The molecule has 0 saturated carbocycles. The summed E-state index contributed by atoms with van der Waals surface area (Å²) < 4.78 is 17.6. The molecule has 1 aliphatic rings. The van der Waals surface area contributed by atoms with E-state index in [-0.39, 0.29) is 12.1 Å². The van der Waals surface area contributed by atoms with Gasteiger partial charge in [-0.05, 0) is 18.2 Å². The number of ether oxygens (including phenoxy) is 1. The molecule has 1 aliphatic heterocycles. The minimum atomic E-state index is 0.162. The fourth-order valence-corrected chi connectivity index (χ4v) is 1.69. The lowest BCUT2D eigenvalue weighted by atomic mass is 10.0. The number of nitrogens with zero attached hydrogens (tertiary/aromatic N) is 1. The molecule has 14 heavy (non-hydrogen) atoms. The summed E-state index contributed by atoms with van der Waals surface area (Å²) >= 11 is 0.162. The number of fused-ring (bicyclic) bond motifs is 1. The van der Waals surface area contributed by atoms with Gasteiger partial charge in [-0.3, -0.25) is 0 Å². The highest BCUT2D eigenvalue weighted by Crippen LogP contribution is 2.30. The number of hydrogen-bond acceptors (Lipinski definition) is 4. The average Bonchev–Trinajstić information content (AvgIpc) is 2.27. The Morgan fingerprint density at radius 1 is 1.50 bits per heavy atom. The fraction of sp³-hybridized carbons (Fsp3) is 0.222. The van der Waals surface area contributed by atoms with E-state index in [9.17, 15) is 3.89 Å². The van der Waals surface area contributed by atoms with Crippen LogP contribution < -0.4 is 4.74 Å². The van der Waals surface area contributed by atoms with E-state index in [1.54, 1.807) is 18.2 Å². The van der Waals surface area contributed by atoms with Crippen LogP contribution in [0.1, 0.15) is 12.0 Å². The van der Waals surface area contributed by atoms with Crippen LogP contribution in [0, 0.1) is 0 Å². The lowest BCUT2D eigenvalue weighted by Gasteiger charge is -2.18. The molecule has 1 heterocycles. The Morgan fingerprint density at radius 2 is 2.36 bits per heavy atom. The second kappa shape index (κ2) is 3.88. The summed E-state index contributed by atoms with van der Waals surface area (Å²) in [4.78, 5) is 0.482. The van der Waals surface area contributed by atoms with Crippen molar-refractivity contribution in [1.82, 2.24) is 0 Å². The first-order chi connectivity index (χ1) is 6.85. The van der Waals surface area contributed by atoms with Crippen LogP contribution in [0.4, 0.5) is 3.89 Å². The number of halogens is 1. The third kappa shape index (κ3) is 1.55. The van der Waals surface area contributed by atoms with Gasteiger partial charge < -0.3 is 9.94 Å². The van der Waals surface area contributed by atoms with Crippen LogP contribution in [0.3, 0.4) is 0 Å². The molecule has 1 aromatic rings. The highest BCUT2D eigenvalue weighted by molar-refractivity contribution is 7.94. The molecular weight excluding hydrogens is 205 g/mol. The van der Waals surface area contributed by atoms with E-state index in [1.165, 1.54) is 0 Å².